The second-order valence-electron chi connectivity index (χ2n) is 5.81. The van der Waals surface area contributed by atoms with Crippen molar-refractivity contribution in [3.05, 3.63) is 30.3 Å². The maximum atomic E-state index is 12.1. The lowest BCUT2D eigenvalue weighted by Crippen LogP contribution is -2.47. The molecule has 7 heteroatoms. The van der Waals surface area contributed by atoms with Crippen LogP contribution in [0.2, 0.25) is 0 Å². The molecule has 1 N–H and O–H groups in total. The lowest BCUT2D eigenvalue weighted by Gasteiger charge is -2.21. The number of hydrogen-bond donors (Lipinski definition) is 1. The number of rotatable bonds is 7. The fourth-order valence-electron chi connectivity index (χ4n) is 2.01. The second kappa shape index (κ2) is 9.54. The topological polar surface area (TPSA) is 84.9 Å². The Morgan fingerprint density at radius 2 is 1.79 bits per heavy atom. The van der Waals surface area contributed by atoms with Gasteiger partial charge in [-0.25, -0.2) is 9.59 Å². The minimum absolute atomic E-state index is 0.204. The number of carbonyl (C=O) groups excluding carboxylic acids is 3. The Morgan fingerprint density at radius 3 is 2.33 bits per heavy atom. The molecule has 0 aliphatic rings. The summed E-state index contributed by atoms with van der Waals surface area (Å²) in [7, 11) is 2.71. The van der Waals surface area contributed by atoms with Crippen molar-refractivity contribution in [3.63, 3.8) is 0 Å². The van der Waals surface area contributed by atoms with E-state index >= 15 is 0 Å². The van der Waals surface area contributed by atoms with Gasteiger partial charge in [-0.2, -0.15) is 0 Å². The number of ether oxygens (including phenoxy) is 2. The fraction of sp³-hybridized carbons (Fsp3) is 0.471. The largest absolute Gasteiger partial charge is 0.467 e. The van der Waals surface area contributed by atoms with Crippen molar-refractivity contribution in [2.75, 3.05) is 20.7 Å². The van der Waals surface area contributed by atoms with E-state index in [9.17, 15) is 14.4 Å². The van der Waals surface area contributed by atoms with Crippen molar-refractivity contribution in [1.82, 2.24) is 10.2 Å². The standard InChI is InChI=1S/C17H24N2O5/c1-12(2)10-14(16(21)23-4)18-15(20)11-19(3)17(22)24-13-8-6-5-7-9-13/h5-9,12,14H,10-11H2,1-4H3,(H,18,20). The normalized spacial score (nSPS) is 11.5. The van der Waals surface area contributed by atoms with Crippen molar-refractivity contribution >= 4 is 18.0 Å². The number of methoxy groups -OCH3 is 1. The highest BCUT2D eigenvalue weighted by Crippen LogP contribution is 2.10. The van der Waals surface area contributed by atoms with Gasteiger partial charge in [-0.05, 0) is 24.5 Å². The van der Waals surface area contributed by atoms with E-state index in [1.807, 2.05) is 13.8 Å². The molecule has 0 saturated heterocycles. The van der Waals surface area contributed by atoms with Crippen LogP contribution in [0.4, 0.5) is 4.79 Å². The highest BCUT2D eigenvalue weighted by molar-refractivity contribution is 5.87. The fourth-order valence-corrected chi connectivity index (χ4v) is 2.01. The SMILES string of the molecule is COC(=O)C(CC(C)C)NC(=O)CN(C)C(=O)Oc1ccccc1. The molecule has 0 radical (unpaired) electrons. The van der Waals surface area contributed by atoms with E-state index in [1.54, 1.807) is 30.3 Å². The van der Waals surface area contributed by atoms with E-state index < -0.39 is 24.0 Å². The molecule has 1 atom stereocenters. The summed E-state index contributed by atoms with van der Waals surface area (Å²) in [6, 6.07) is 7.82. The van der Waals surface area contributed by atoms with Gasteiger partial charge in [0.15, 0.2) is 0 Å². The highest BCUT2D eigenvalue weighted by Gasteiger charge is 2.24. The maximum Gasteiger partial charge on any atom is 0.415 e. The molecule has 132 valence electrons. The summed E-state index contributed by atoms with van der Waals surface area (Å²) in [5.41, 5.74) is 0. The third-order valence-corrected chi connectivity index (χ3v) is 3.17. The Morgan fingerprint density at radius 1 is 1.17 bits per heavy atom. The first-order valence-electron chi connectivity index (χ1n) is 7.68. The smallest absolute Gasteiger partial charge is 0.415 e. The Hall–Kier alpha value is -2.57. The molecule has 1 aromatic carbocycles. The molecule has 0 heterocycles. The minimum atomic E-state index is -0.735. The van der Waals surface area contributed by atoms with Crippen LogP contribution in [-0.4, -0.2) is 49.6 Å². The molecule has 0 aliphatic carbocycles. The van der Waals surface area contributed by atoms with Crippen molar-refractivity contribution in [1.29, 1.82) is 0 Å². The van der Waals surface area contributed by atoms with Crippen LogP contribution in [0.3, 0.4) is 0 Å². The highest BCUT2D eigenvalue weighted by atomic mass is 16.6. The molecule has 7 nitrogen and oxygen atoms in total. The van der Waals surface area contributed by atoms with Gasteiger partial charge in [0.25, 0.3) is 0 Å². The van der Waals surface area contributed by atoms with E-state index in [4.69, 9.17) is 4.74 Å². The zero-order valence-electron chi connectivity index (χ0n) is 14.4. The van der Waals surface area contributed by atoms with E-state index in [-0.39, 0.29) is 12.5 Å². The first-order chi connectivity index (χ1) is 11.3. The molecular weight excluding hydrogens is 312 g/mol. The van der Waals surface area contributed by atoms with E-state index in [0.717, 1.165) is 4.90 Å². The summed E-state index contributed by atoms with van der Waals surface area (Å²) in [6.07, 6.45) is -0.203. The molecule has 0 spiro atoms. The summed E-state index contributed by atoms with van der Waals surface area (Å²) in [6.45, 7) is 3.65. The Kier molecular flexibility index (Phi) is 7.74. The molecule has 0 aromatic heterocycles. The van der Waals surface area contributed by atoms with Crippen LogP contribution < -0.4 is 10.1 Å². The van der Waals surface area contributed by atoms with Gasteiger partial charge in [-0.15, -0.1) is 0 Å². The van der Waals surface area contributed by atoms with Gasteiger partial charge in [-0.3, -0.25) is 4.79 Å². The van der Waals surface area contributed by atoms with Crippen LogP contribution in [0.25, 0.3) is 0 Å². The van der Waals surface area contributed by atoms with Gasteiger partial charge < -0.3 is 19.7 Å². The van der Waals surface area contributed by atoms with Crippen molar-refractivity contribution in [2.24, 2.45) is 5.92 Å². The molecule has 1 unspecified atom stereocenters. The van der Waals surface area contributed by atoms with Crippen molar-refractivity contribution in [2.45, 2.75) is 26.3 Å². The van der Waals surface area contributed by atoms with Gasteiger partial charge >= 0.3 is 12.1 Å². The summed E-state index contributed by atoms with van der Waals surface area (Å²) >= 11 is 0. The molecule has 0 aliphatic heterocycles. The third kappa shape index (κ3) is 6.68. The first kappa shape index (κ1) is 19.5. The molecular formula is C17H24N2O5. The predicted octanol–water partition coefficient (Wildman–Crippen LogP) is 1.82. The minimum Gasteiger partial charge on any atom is -0.467 e. The van der Waals surface area contributed by atoms with Crippen LogP contribution in [0, 0.1) is 5.92 Å². The number of amides is 2. The molecule has 2 amide bonds. The third-order valence-electron chi connectivity index (χ3n) is 3.17. The lowest BCUT2D eigenvalue weighted by molar-refractivity contribution is -0.145. The Balaban J connectivity index is 2.55. The summed E-state index contributed by atoms with van der Waals surface area (Å²) in [5.74, 6) is -0.373. The van der Waals surface area contributed by atoms with Crippen LogP contribution in [0.5, 0.6) is 5.75 Å². The molecule has 1 aromatic rings. The van der Waals surface area contributed by atoms with Gasteiger partial charge in [0, 0.05) is 7.05 Å². The van der Waals surface area contributed by atoms with Crippen LogP contribution in [-0.2, 0) is 14.3 Å². The number of likely N-dealkylation sites (N-methyl/N-ethyl adjacent to an activating group) is 1. The molecule has 0 fully saturated rings. The zero-order chi connectivity index (χ0) is 18.1. The molecule has 0 bridgehead atoms. The van der Waals surface area contributed by atoms with Crippen LogP contribution in [0.15, 0.2) is 30.3 Å². The van der Waals surface area contributed by atoms with Gasteiger partial charge in [0.05, 0.1) is 7.11 Å². The zero-order valence-corrected chi connectivity index (χ0v) is 14.4. The van der Waals surface area contributed by atoms with E-state index in [0.29, 0.717) is 12.2 Å². The lowest BCUT2D eigenvalue weighted by atomic mass is 10.0. The quantitative estimate of drug-likeness (QED) is 0.768. The monoisotopic (exact) mass is 336 g/mol. The number of nitrogens with zero attached hydrogens (tertiary/aromatic N) is 1. The predicted molar refractivity (Wildman–Crippen MR) is 88.5 cm³/mol. The van der Waals surface area contributed by atoms with Gasteiger partial charge in [0.2, 0.25) is 5.91 Å². The molecule has 0 saturated carbocycles. The average molecular weight is 336 g/mol. The van der Waals surface area contributed by atoms with Crippen molar-refractivity contribution < 1.29 is 23.9 Å². The Labute approximate surface area is 141 Å². The summed E-state index contributed by atoms with van der Waals surface area (Å²) in [4.78, 5) is 36.8. The average Bonchev–Trinajstić information content (AvgIpc) is 2.53. The number of esters is 1. The molecule has 1 rings (SSSR count). The van der Waals surface area contributed by atoms with Crippen LogP contribution >= 0.6 is 0 Å². The second-order valence-corrected chi connectivity index (χ2v) is 5.81. The van der Waals surface area contributed by atoms with E-state index in [2.05, 4.69) is 10.1 Å². The van der Waals surface area contributed by atoms with Crippen molar-refractivity contribution in [3.8, 4) is 5.75 Å². The Bertz CT molecular complexity index is 559. The number of hydrogen-bond acceptors (Lipinski definition) is 5. The summed E-state index contributed by atoms with van der Waals surface area (Å²) < 4.78 is 9.82. The first-order valence-corrected chi connectivity index (χ1v) is 7.68. The number of nitrogens with one attached hydrogen (secondary N) is 1. The molecule has 24 heavy (non-hydrogen) atoms. The maximum absolute atomic E-state index is 12.1. The summed E-state index contributed by atoms with van der Waals surface area (Å²) in [5, 5.41) is 2.59. The number of carbonyl (C=O) groups is 3. The van der Waals surface area contributed by atoms with Crippen LogP contribution in [0.1, 0.15) is 20.3 Å². The van der Waals surface area contributed by atoms with Gasteiger partial charge in [0.1, 0.15) is 18.3 Å². The number of para-hydroxylation sites is 1. The van der Waals surface area contributed by atoms with E-state index in [1.165, 1.54) is 14.2 Å². The van der Waals surface area contributed by atoms with Gasteiger partial charge in [-0.1, -0.05) is 32.0 Å². The number of benzene rings is 1.